The van der Waals surface area contributed by atoms with Crippen LogP contribution in [0.5, 0.6) is 0 Å². The van der Waals surface area contributed by atoms with Crippen molar-refractivity contribution in [3.05, 3.63) is 41.2 Å². The summed E-state index contributed by atoms with van der Waals surface area (Å²) in [6.45, 7) is 3.86. The lowest BCUT2D eigenvalue weighted by Gasteiger charge is -2.02. The number of aromatic nitrogens is 3. The maximum atomic E-state index is 8.76. The van der Waals surface area contributed by atoms with Crippen LogP contribution < -0.4 is 0 Å². The number of hydrogen-bond donors (Lipinski definition) is 0. The van der Waals surface area contributed by atoms with Gasteiger partial charge in [0.15, 0.2) is 5.69 Å². The lowest BCUT2D eigenvalue weighted by molar-refractivity contribution is 0.784. The molecule has 0 fully saturated rings. The van der Waals surface area contributed by atoms with Gasteiger partial charge in [0.1, 0.15) is 6.07 Å². The lowest BCUT2D eigenvalue weighted by atomic mass is 10.2. The first-order chi connectivity index (χ1) is 7.22. The van der Waals surface area contributed by atoms with E-state index in [0.29, 0.717) is 5.69 Å². The summed E-state index contributed by atoms with van der Waals surface area (Å²) in [6, 6.07) is 9.92. The zero-order valence-electron chi connectivity index (χ0n) is 8.60. The van der Waals surface area contributed by atoms with Gasteiger partial charge in [-0.05, 0) is 26.0 Å². The van der Waals surface area contributed by atoms with E-state index in [0.717, 1.165) is 11.4 Å². The fourth-order valence-electron chi connectivity index (χ4n) is 1.36. The molecule has 1 aromatic carbocycles. The number of aryl methyl sites for hydroxylation is 1. The maximum absolute atomic E-state index is 8.76. The Morgan fingerprint density at radius 3 is 2.40 bits per heavy atom. The van der Waals surface area contributed by atoms with Crippen LogP contribution in [0.2, 0.25) is 0 Å². The zero-order valence-corrected chi connectivity index (χ0v) is 8.60. The Hall–Kier alpha value is -2.15. The molecule has 2 aromatic rings. The molecule has 0 saturated carbocycles. The second-order valence-corrected chi connectivity index (χ2v) is 3.38. The van der Waals surface area contributed by atoms with Gasteiger partial charge in [-0.2, -0.15) is 5.26 Å². The number of benzene rings is 1. The van der Waals surface area contributed by atoms with Crippen LogP contribution in [-0.4, -0.2) is 15.0 Å². The van der Waals surface area contributed by atoms with Crippen molar-refractivity contribution in [2.24, 2.45) is 0 Å². The van der Waals surface area contributed by atoms with Crippen molar-refractivity contribution in [1.82, 2.24) is 15.0 Å². The largest absolute Gasteiger partial charge is 0.216 e. The zero-order chi connectivity index (χ0) is 10.8. The van der Waals surface area contributed by atoms with Gasteiger partial charge in [0.2, 0.25) is 0 Å². The molecule has 0 unspecified atom stereocenters. The molecule has 0 radical (unpaired) electrons. The second kappa shape index (κ2) is 3.54. The molecule has 4 heteroatoms. The lowest BCUT2D eigenvalue weighted by Crippen LogP contribution is -1.98. The Morgan fingerprint density at radius 2 is 1.87 bits per heavy atom. The average molecular weight is 198 g/mol. The third kappa shape index (κ3) is 1.59. The molecule has 0 aliphatic rings. The first-order valence-electron chi connectivity index (χ1n) is 4.62. The van der Waals surface area contributed by atoms with Crippen LogP contribution in [0.15, 0.2) is 24.3 Å². The molecule has 0 amide bonds. The molecule has 74 valence electrons. The van der Waals surface area contributed by atoms with E-state index in [1.54, 1.807) is 4.68 Å². The Labute approximate surface area is 87.8 Å². The Balaban J connectivity index is 2.51. The number of hydrogen-bond acceptors (Lipinski definition) is 3. The van der Waals surface area contributed by atoms with E-state index in [1.165, 1.54) is 5.56 Å². The van der Waals surface area contributed by atoms with E-state index in [2.05, 4.69) is 10.3 Å². The molecule has 4 nitrogen and oxygen atoms in total. The molecule has 0 atom stereocenters. The van der Waals surface area contributed by atoms with Gasteiger partial charge in [0.05, 0.1) is 11.4 Å². The van der Waals surface area contributed by atoms with Crippen LogP contribution >= 0.6 is 0 Å². The van der Waals surface area contributed by atoms with Crippen LogP contribution in [0, 0.1) is 25.2 Å². The van der Waals surface area contributed by atoms with Crippen molar-refractivity contribution in [3.63, 3.8) is 0 Å². The van der Waals surface area contributed by atoms with Crippen molar-refractivity contribution in [3.8, 4) is 11.8 Å². The summed E-state index contributed by atoms with van der Waals surface area (Å²) in [7, 11) is 0. The van der Waals surface area contributed by atoms with Gasteiger partial charge in [-0.15, -0.1) is 5.10 Å². The highest BCUT2D eigenvalue weighted by atomic mass is 15.4. The number of nitrogens with zero attached hydrogens (tertiary/aromatic N) is 4. The number of rotatable bonds is 1. The van der Waals surface area contributed by atoms with Crippen molar-refractivity contribution in [2.45, 2.75) is 13.8 Å². The van der Waals surface area contributed by atoms with E-state index in [1.807, 2.05) is 44.2 Å². The van der Waals surface area contributed by atoms with Gasteiger partial charge in [-0.25, -0.2) is 4.68 Å². The first kappa shape index (κ1) is 9.41. The van der Waals surface area contributed by atoms with E-state index < -0.39 is 0 Å². The van der Waals surface area contributed by atoms with E-state index >= 15 is 0 Å². The quantitative estimate of drug-likeness (QED) is 0.701. The fourth-order valence-corrected chi connectivity index (χ4v) is 1.36. The van der Waals surface area contributed by atoms with Crippen LogP contribution in [0.1, 0.15) is 17.0 Å². The minimum absolute atomic E-state index is 0.371. The minimum atomic E-state index is 0.371. The first-order valence-corrected chi connectivity index (χ1v) is 4.62. The summed E-state index contributed by atoms with van der Waals surface area (Å²) in [5.41, 5.74) is 3.25. The maximum Gasteiger partial charge on any atom is 0.186 e. The van der Waals surface area contributed by atoms with E-state index in [9.17, 15) is 0 Å². The van der Waals surface area contributed by atoms with Gasteiger partial charge >= 0.3 is 0 Å². The van der Waals surface area contributed by atoms with Crippen LogP contribution in [-0.2, 0) is 0 Å². The summed E-state index contributed by atoms with van der Waals surface area (Å²) in [4.78, 5) is 0. The minimum Gasteiger partial charge on any atom is -0.216 e. The summed E-state index contributed by atoms with van der Waals surface area (Å²) in [5, 5.41) is 16.5. The van der Waals surface area contributed by atoms with Crippen molar-refractivity contribution in [1.29, 1.82) is 5.26 Å². The molecule has 0 aliphatic heterocycles. The molecule has 0 N–H and O–H groups in total. The standard InChI is InChI=1S/C11H10N4/c1-8-3-5-10(6-4-8)15-9(2)11(7-12)13-14-15/h3-6H,1-2H3. The molecule has 1 heterocycles. The monoisotopic (exact) mass is 198 g/mol. The topological polar surface area (TPSA) is 54.5 Å². The van der Waals surface area contributed by atoms with Crippen molar-refractivity contribution >= 4 is 0 Å². The van der Waals surface area contributed by atoms with E-state index in [-0.39, 0.29) is 0 Å². The van der Waals surface area contributed by atoms with Crippen LogP contribution in [0.4, 0.5) is 0 Å². The molecule has 0 saturated heterocycles. The third-order valence-electron chi connectivity index (χ3n) is 2.28. The van der Waals surface area contributed by atoms with Crippen molar-refractivity contribution in [2.75, 3.05) is 0 Å². The highest BCUT2D eigenvalue weighted by Crippen LogP contribution is 2.12. The number of nitriles is 1. The normalized spacial score (nSPS) is 9.93. The second-order valence-electron chi connectivity index (χ2n) is 3.38. The predicted octanol–water partition coefficient (Wildman–Crippen LogP) is 1.76. The molecule has 15 heavy (non-hydrogen) atoms. The summed E-state index contributed by atoms with van der Waals surface area (Å²) >= 11 is 0. The third-order valence-corrected chi connectivity index (χ3v) is 2.28. The van der Waals surface area contributed by atoms with Gasteiger partial charge < -0.3 is 0 Å². The SMILES string of the molecule is Cc1ccc(-n2nnc(C#N)c2C)cc1. The molecule has 0 spiro atoms. The molecular weight excluding hydrogens is 188 g/mol. The highest BCUT2D eigenvalue weighted by Gasteiger charge is 2.08. The summed E-state index contributed by atoms with van der Waals surface area (Å²) in [5.74, 6) is 0. The Kier molecular flexibility index (Phi) is 2.22. The molecule has 0 bridgehead atoms. The predicted molar refractivity (Wildman–Crippen MR) is 55.5 cm³/mol. The Bertz CT molecular complexity index is 517. The smallest absolute Gasteiger partial charge is 0.186 e. The van der Waals surface area contributed by atoms with Gasteiger partial charge in [-0.1, -0.05) is 22.9 Å². The molecule has 2 rings (SSSR count). The van der Waals surface area contributed by atoms with E-state index in [4.69, 9.17) is 5.26 Å². The fraction of sp³-hybridized carbons (Fsp3) is 0.182. The van der Waals surface area contributed by atoms with Gasteiger partial charge in [0.25, 0.3) is 0 Å². The van der Waals surface area contributed by atoms with Crippen LogP contribution in [0.25, 0.3) is 5.69 Å². The van der Waals surface area contributed by atoms with Gasteiger partial charge in [0, 0.05) is 0 Å². The average Bonchev–Trinajstić information content (AvgIpc) is 2.61. The summed E-state index contributed by atoms with van der Waals surface area (Å²) in [6.07, 6.45) is 0. The van der Waals surface area contributed by atoms with Crippen LogP contribution in [0.3, 0.4) is 0 Å². The highest BCUT2D eigenvalue weighted by molar-refractivity contribution is 5.37. The summed E-state index contributed by atoms with van der Waals surface area (Å²) < 4.78 is 1.66. The Morgan fingerprint density at radius 1 is 1.20 bits per heavy atom. The molecule has 1 aromatic heterocycles. The molecular formula is C11H10N4. The molecule has 0 aliphatic carbocycles. The van der Waals surface area contributed by atoms with Gasteiger partial charge in [-0.3, -0.25) is 0 Å². The van der Waals surface area contributed by atoms with Crippen molar-refractivity contribution < 1.29 is 0 Å².